The van der Waals surface area contributed by atoms with E-state index in [0.717, 1.165) is 11.3 Å². The minimum absolute atomic E-state index is 0.123. The van der Waals surface area contributed by atoms with Gasteiger partial charge in [0.25, 0.3) is 10.0 Å². The number of hydrogen-bond donors (Lipinski definition) is 2. The second kappa shape index (κ2) is 8.94. The van der Waals surface area contributed by atoms with Crippen LogP contribution in [0.2, 0.25) is 0 Å². The van der Waals surface area contributed by atoms with Crippen molar-refractivity contribution in [1.82, 2.24) is 5.16 Å². The maximum Gasteiger partial charge on any atom is 0.271 e. The van der Waals surface area contributed by atoms with Crippen LogP contribution in [0.25, 0.3) is 12.2 Å². The second-order valence-electron chi connectivity index (χ2n) is 6.20. The van der Waals surface area contributed by atoms with Gasteiger partial charge in [0.1, 0.15) is 15.6 Å². The zero-order valence-electron chi connectivity index (χ0n) is 16.2. The van der Waals surface area contributed by atoms with Crippen molar-refractivity contribution in [2.75, 3.05) is 10.0 Å². The Bertz CT molecular complexity index is 1250. The lowest BCUT2D eigenvalue weighted by molar-refractivity contribution is -0.115. The number of rotatable bonds is 7. The van der Waals surface area contributed by atoms with E-state index in [1.165, 1.54) is 12.1 Å². The molecule has 3 aromatic rings. The Morgan fingerprint density at radius 2 is 2.10 bits per heavy atom. The topological polar surface area (TPSA) is 125 Å². The summed E-state index contributed by atoms with van der Waals surface area (Å²) in [4.78, 5) is 12.3. The van der Waals surface area contributed by atoms with Gasteiger partial charge in [-0.1, -0.05) is 18.1 Å². The fourth-order valence-corrected chi connectivity index (χ4v) is 4.74. The van der Waals surface area contributed by atoms with Gasteiger partial charge in [-0.25, -0.2) is 8.42 Å². The summed E-state index contributed by atoms with van der Waals surface area (Å²) in [5, 5.41) is 15.5. The highest BCUT2D eigenvalue weighted by molar-refractivity contribution is 7.94. The standard InChI is InChI=1S/C20H18N4O4S2/c1-3-18(25)22-20-13(2)23-28-17(20)9-7-16-8-10-19(29-16)30(26,27)24-15-6-4-5-14(11-15)12-21/h4-11,24H,3H2,1-2H3,(H,22,25)/b9-7+. The Balaban J connectivity index is 1.78. The number of carbonyl (C=O) groups is 1. The third kappa shape index (κ3) is 4.94. The van der Waals surface area contributed by atoms with Crippen LogP contribution in [0.1, 0.15) is 35.2 Å². The summed E-state index contributed by atoms with van der Waals surface area (Å²) in [5.74, 6) is 0.213. The molecular weight excluding hydrogens is 424 g/mol. The van der Waals surface area contributed by atoms with Crippen LogP contribution in [0.4, 0.5) is 11.4 Å². The van der Waals surface area contributed by atoms with E-state index in [-0.39, 0.29) is 10.1 Å². The molecule has 0 atom stereocenters. The van der Waals surface area contributed by atoms with Crippen molar-refractivity contribution in [3.8, 4) is 6.07 Å². The van der Waals surface area contributed by atoms with Crippen molar-refractivity contribution in [1.29, 1.82) is 5.26 Å². The highest BCUT2D eigenvalue weighted by atomic mass is 32.2. The molecule has 0 saturated carbocycles. The molecule has 0 aliphatic heterocycles. The first-order valence-electron chi connectivity index (χ1n) is 8.89. The molecule has 0 unspecified atom stereocenters. The molecule has 0 bridgehead atoms. The summed E-state index contributed by atoms with van der Waals surface area (Å²) in [5.41, 5.74) is 1.71. The van der Waals surface area contributed by atoms with E-state index in [1.807, 2.05) is 6.07 Å². The number of benzene rings is 1. The minimum Gasteiger partial charge on any atom is -0.354 e. The van der Waals surface area contributed by atoms with Crippen molar-refractivity contribution >= 4 is 50.8 Å². The highest BCUT2D eigenvalue weighted by Crippen LogP contribution is 2.27. The van der Waals surface area contributed by atoms with Crippen molar-refractivity contribution in [2.45, 2.75) is 24.5 Å². The molecule has 1 amide bonds. The number of aromatic nitrogens is 1. The number of hydrogen-bond acceptors (Lipinski definition) is 7. The number of aryl methyl sites for hydroxylation is 1. The van der Waals surface area contributed by atoms with Gasteiger partial charge in [-0.3, -0.25) is 9.52 Å². The van der Waals surface area contributed by atoms with Gasteiger partial charge in [-0.15, -0.1) is 11.3 Å². The van der Waals surface area contributed by atoms with Crippen molar-refractivity contribution in [3.63, 3.8) is 0 Å². The molecule has 1 aromatic carbocycles. The lowest BCUT2D eigenvalue weighted by atomic mass is 10.2. The molecule has 2 heterocycles. The molecule has 3 rings (SSSR count). The van der Waals surface area contributed by atoms with Crippen LogP contribution in [0, 0.1) is 18.3 Å². The Morgan fingerprint density at radius 1 is 1.30 bits per heavy atom. The molecule has 0 aliphatic rings. The molecule has 154 valence electrons. The largest absolute Gasteiger partial charge is 0.354 e. The third-order valence-electron chi connectivity index (χ3n) is 3.98. The van der Waals surface area contributed by atoms with Gasteiger partial charge in [0.05, 0.1) is 17.3 Å². The predicted octanol–water partition coefficient (Wildman–Crippen LogP) is 4.24. The fourth-order valence-electron chi connectivity index (χ4n) is 2.46. The monoisotopic (exact) mass is 442 g/mol. The van der Waals surface area contributed by atoms with Gasteiger partial charge in [0.15, 0.2) is 5.76 Å². The van der Waals surface area contributed by atoms with Gasteiger partial charge in [-0.05, 0) is 49.4 Å². The van der Waals surface area contributed by atoms with Crippen molar-refractivity contribution in [3.05, 3.63) is 58.3 Å². The first-order chi connectivity index (χ1) is 14.3. The molecule has 2 aromatic heterocycles. The Labute approximate surface area is 177 Å². The fraction of sp³-hybridized carbons (Fsp3) is 0.150. The number of carbonyl (C=O) groups excluding carboxylic acids is 1. The number of amides is 1. The molecule has 8 nitrogen and oxygen atoms in total. The normalized spacial score (nSPS) is 11.4. The summed E-state index contributed by atoms with van der Waals surface area (Å²) < 4.78 is 33.1. The summed E-state index contributed by atoms with van der Waals surface area (Å²) in [6, 6.07) is 11.4. The number of sulfonamides is 1. The SMILES string of the molecule is CCC(=O)Nc1c(C)noc1/C=C/c1ccc(S(=O)(=O)Nc2cccc(C#N)c2)s1. The van der Waals surface area contributed by atoms with Gasteiger partial charge in [0.2, 0.25) is 5.91 Å². The highest BCUT2D eigenvalue weighted by Gasteiger charge is 2.17. The Hall–Kier alpha value is -3.42. The van der Waals surface area contributed by atoms with Gasteiger partial charge in [-0.2, -0.15) is 5.26 Å². The van der Waals surface area contributed by atoms with E-state index in [2.05, 4.69) is 15.2 Å². The van der Waals surface area contributed by atoms with Crippen LogP contribution in [0.5, 0.6) is 0 Å². The third-order valence-corrected chi connectivity index (χ3v) is 6.91. The maximum absolute atomic E-state index is 12.6. The van der Waals surface area contributed by atoms with E-state index < -0.39 is 10.0 Å². The van der Waals surface area contributed by atoms with Crippen LogP contribution in [-0.2, 0) is 14.8 Å². The number of anilines is 2. The van der Waals surface area contributed by atoms with Crippen LogP contribution in [-0.4, -0.2) is 19.5 Å². The zero-order valence-corrected chi connectivity index (χ0v) is 17.8. The van der Waals surface area contributed by atoms with Crippen LogP contribution in [0.3, 0.4) is 0 Å². The molecule has 0 spiro atoms. The average molecular weight is 443 g/mol. The predicted molar refractivity (Wildman–Crippen MR) is 115 cm³/mol. The van der Waals surface area contributed by atoms with E-state index >= 15 is 0 Å². The summed E-state index contributed by atoms with van der Waals surface area (Å²) >= 11 is 1.07. The van der Waals surface area contributed by atoms with Gasteiger partial charge < -0.3 is 9.84 Å². The molecule has 0 radical (unpaired) electrons. The molecule has 0 saturated heterocycles. The molecule has 0 aliphatic carbocycles. The smallest absolute Gasteiger partial charge is 0.271 e. The summed E-state index contributed by atoms with van der Waals surface area (Å²) in [6.45, 7) is 3.46. The minimum atomic E-state index is -3.79. The molecule has 10 heteroatoms. The Kier molecular flexibility index (Phi) is 6.34. The number of nitriles is 1. The van der Waals surface area contributed by atoms with Crippen LogP contribution >= 0.6 is 11.3 Å². The summed E-state index contributed by atoms with van der Waals surface area (Å²) in [7, 11) is -3.79. The Morgan fingerprint density at radius 3 is 2.83 bits per heavy atom. The average Bonchev–Trinajstić information content (AvgIpc) is 3.34. The van der Waals surface area contributed by atoms with E-state index in [4.69, 9.17) is 9.78 Å². The quantitative estimate of drug-likeness (QED) is 0.564. The molecule has 30 heavy (non-hydrogen) atoms. The van der Waals surface area contributed by atoms with Gasteiger partial charge in [0, 0.05) is 11.3 Å². The number of nitrogens with one attached hydrogen (secondary N) is 2. The zero-order chi connectivity index (χ0) is 21.7. The lowest BCUT2D eigenvalue weighted by Crippen LogP contribution is -2.11. The first kappa shape index (κ1) is 21.3. The maximum atomic E-state index is 12.6. The number of thiophene rings is 1. The molecular formula is C20H18N4O4S2. The van der Waals surface area contributed by atoms with Crippen molar-refractivity contribution in [2.24, 2.45) is 0 Å². The lowest BCUT2D eigenvalue weighted by Gasteiger charge is -2.06. The van der Waals surface area contributed by atoms with E-state index in [9.17, 15) is 13.2 Å². The van der Waals surface area contributed by atoms with Crippen LogP contribution in [0.15, 0.2) is 45.1 Å². The molecule has 0 fully saturated rings. The first-order valence-corrected chi connectivity index (χ1v) is 11.2. The van der Waals surface area contributed by atoms with Crippen molar-refractivity contribution < 1.29 is 17.7 Å². The van der Waals surface area contributed by atoms with Gasteiger partial charge >= 0.3 is 0 Å². The van der Waals surface area contributed by atoms with E-state index in [0.29, 0.717) is 39.7 Å². The second-order valence-corrected chi connectivity index (χ2v) is 9.22. The number of nitrogens with zero attached hydrogens (tertiary/aromatic N) is 2. The van der Waals surface area contributed by atoms with E-state index in [1.54, 1.807) is 50.3 Å². The van der Waals surface area contributed by atoms with Crippen LogP contribution < -0.4 is 10.0 Å². The summed E-state index contributed by atoms with van der Waals surface area (Å²) in [6.07, 6.45) is 3.63. The molecule has 2 N–H and O–H groups in total.